The minimum atomic E-state index is -0.0624. The van der Waals surface area contributed by atoms with Crippen LogP contribution in [0.15, 0.2) is 16.9 Å². The van der Waals surface area contributed by atoms with Gasteiger partial charge in [-0.25, -0.2) is 0 Å². The summed E-state index contributed by atoms with van der Waals surface area (Å²) in [5.74, 6) is 0. The lowest BCUT2D eigenvalue weighted by Crippen LogP contribution is -2.22. The van der Waals surface area contributed by atoms with Crippen LogP contribution in [0, 0.1) is 6.92 Å². The van der Waals surface area contributed by atoms with Gasteiger partial charge >= 0.3 is 6.01 Å². The van der Waals surface area contributed by atoms with Crippen LogP contribution in [0.1, 0.15) is 25.6 Å². The van der Waals surface area contributed by atoms with E-state index in [4.69, 9.17) is 4.74 Å². The molecule has 0 radical (unpaired) electrons. The summed E-state index contributed by atoms with van der Waals surface area (Å²) in [6.07, 6.45) is 0. The monoisotopic (exact) mass is 233 g/mol. The zero-order valence-electron chi connectivity index (χ0n) is 10.4. The molecular formula is C12H15N3O2. The largest absolute Gasteiger partial charge is 0.467 e. The van der Waals surface area contributed by atoms with Gasteiger partial charge in [-0.2, -0.15) is 9.97 Å². The van der Waals surface area contributed by atoms with Crippen LogP contribution in [0.5, 0.6) is 6.01 Å². The van der Waals surface area contributed by atoms with Crippen molar-refractivity contribution in [1.29, 1.82) is 0 Å². The summed E-state index contributed by atoms with van der Waals surface area (Å²) in [4.78, 5) is 20.3. The number of methoxy groups -OCH3 is 1. The van der Waals surface area contributed by atoms with Crippen molar-refractivity contribution >= 4 is 11.0 Å². The van der Waals surface area contributed by atoms with Crippen molar-refractivity contribution in [1.82, 2.24) is 14.5 Å². The molecule has 0 aliphatic rings. The second kappa shape index (κ2) is 4.16. The first-order valence-corrected chi connectivity index (χ1v) is 5.48. The molecule has 0 spiro atoms. The summed E-state index contributed by atoms with van der Waals surface area (Å²) >= 11 is 0. The second-order valence-electron chi connectivity index (χ2n) is 4.17. The minimum Gasteiger partial charge on any atom is -0.467 e. The lowest BCUT2D eigenvalue weighted by molar-refractivity contribution is 0.379. The van der Waals surface area contributed by atoms with E-state index in [1.807, 2.05) is 20.8 Å². The van der Waals surface area contributed by atoms with Gasteiger partial charge in [0.2, 0.25) is 0 Å². The van der Waals surface area contributed by atoms with Gasteiger partial charge in [-0.05, 0) is 26.8 Å². The van der Waals surface area contributed by atoms with Gasteiger partial charge in [0, 0.05) is 17.5 Å². The van der Waals surface area contributed by atoms with Gasteiger partial charge in [0.15, 0.2) is 5.65 Å². The van der Waals surface area contributed by atoms with Gasteiger partial charge in [-0.15, -0.1) is 0 Å². The molecule has 5 heteroatoms. The molecular weight excluding hydrogens is 218 g/mol. The van der Waals surface area contributed by atoms with Gasteiger partial charge in [0.25, 0.3) is 5.56 Å². The molecule has 2 aromatic rings. The lowest BCUT2D eigenvalue weighted by atomic mass is 10.2. The first-order valence-electron chi connectivity index (χ1n) is 5.48. The highest BCUT2D eigenvalue weighted by Gasteiger charge is 2.11. The number of hydrogen-bond acceptors (Lipinski definition) is 4. The number of aromatic nitrogens is 3. The molecule has 0 unspecified atom stereocenters. The Morgan fingerprint density at radius 3 is 2.59 bits per heavy atom. The summed E-state index contributed by atoms with van der Waals surface area (Å²) in [5.41, 5.74) is 1.37. The van der Waals surface area contributed by atoms with Gasteiger partial charge in [0.05, 0.1) is 12.8 Å². The Hall–Kier alpha value is -1.91. The number of pyridine rings is 1. The molecule has 0 fully saturated rings. The normalized spacial score (nSPS) is 11.1. The first-order chi connectivity index (χ1) is 8.04. The van der Waals surface area contributed by atoms with E-state index >= 15 is 0 Å². The minimum absolute atomic E-state index is 0.0465. The highest BCUT2D eigenvalue weighted by atomic mass is 16.5. The molecule has 0 saturated carbocycles. The smallest absolute Gasteiger partial charge is 0.318 e. The summed E-state index contributed by atoms with van der Waals surface area (Å²) in [5, 5.41) is 0.874. The van der Waals surface area contributed by atoms with Crippen molar-refractivity contribution in [3.05, 3.63) is 28.2 Å². The van der Waals surface area contributed by atoms with Crippen molar-refractivity contribution in [2.45, 2.75) is 26.8 Å². The molecule has 2 heterocycles. The van der Waals surface area contributed by atoms with Crippen LogP contribution in [0.2, 0.25) is 0 Å². The van der Waals surface area contributed by atoms with E-state index in [0.717, 1.165) is 11.1 Å². The van der Waals surface area contributed by atoms with Gasteiger partial charge in [0.1, 0.15) is 0 Å². The van der Waals surface area contributed by atoms with Crippen molar-refractivity contribution in [2.24, 2.45) is 0 Å². The molecule has 90 valence electrons. The summed E-state index contributed by atoms with van der Waals surface area (Å²) in [6, 6.07) is 3.64. The highest BCUT2D eigenvalue weighted by molar-refractivity contribution is 5.77. The van der Waals surface area contributed by atoms with Crippen molar-refractivity contribution in [3.8, 4) is 6.01 Å². The molecule has 0 aromatic carbocycles. The van der Waals surface area contributed by atoms with E-state index < -0.39 is 0 Å². The van der Waals surface area contributed by atoms with E-state index in [9.17, 15) is 4.79 Å². The SMILES string of the molecule is COc1nc(C)c2ccc(=O)n(C(C)C)c2n1. The Morgan fingerprint density at radius 2 is 2.00 bits per heavy atom. The predicted octanol–water partition coefficient (Wildman–Crippen LogP) is 1.69. The molecule has 0 amide bonds. The zero-order chi connectivity index (χ0) is 12.6. The molecule has 5 nitrogen and oxygen atoms in total. The number of rotatable bonds is 2. The average molecular weight is 233 g/mol. The fourth-order valence-electron chi connectivity index (χ4n) is 1.85. The van der Waals surface area contributed by atoms with E-state index in [2.05, 4.69) is 9.97 Å². The van der Waals surface area contributed by atoms with Crippen LogP contribution in [-0.2, 0) is 0 Å². The quantitative estimate of drug-likeness (QED) is 0.792. The van der Waals surface area contributed by atoms with Crippen molar-refractivity contribution in [3.63, 3.8) is 0 Å². The standard InChI is InChI=1S/C12H15N3O2/c1-7(2)15-10(16)6-5-9-8(3)13-12(17-4)14-11(9)15/h5-7H,1-4H3. The van der Waals surface area contributed by atoms with Crippen molar-refractivity contribution < 1.29 is 4.74 Å². The van der Waals surface area contributed by atoms with E-state index in [1.54, 1.807) is 16.7 Å². The Kier molecular flexibility index (Phi) is 2.83. The van der Waals surface area contributed by atoms with Crippen LogP contribution in [0.25, 0.3) is 11.0 Å². The summed E-state index contributed by atoms with van der Waals surface area (Å²) in [6.45, 7) is 5.77. The molecule has 0 aliphatic carbocycles. The molecule has 0 bridgehead atoms. The molecule has 0 aliphatic heterocycles. The van der Waals surface area contributed by atoms with Crippen LogP contribution in [0.3, 0.4) is 0 Å². The van der Waals surface area contributed by atoms with Gasteiger partial charge in [-0.3, -0.25) is 9.36 Å². The third-order valence-corrected chi connectivity index (χ3v) is 2.65. The maximum absolute atomic E-state index is 11.8. The van der Waals surface area contributed by atoms with E-state index in [-0.39, 0.29) is 17.6 Å². The van der Waals surface area contributed by atoms with Crippen LogP contribution >= 0.6 is 0 Å². The zero-order valence-corrected chi connectivity index (χ0v) is 10.4. The maximum Gasteiger partial charge on any atom is 0.318 e. The third kappa shape index (κ3) is 1.88. The second-order valence-corrected chi connectivity index (χ2v) is 4.17. The first kappa shape index (κ1) is 11.6. The molecule has 2 rings (SSSR count). The number of ether oxygens (including phenoxy) is 1. The topological polar surface area (TPSA) is 57.0 Å². The number of fused-ring (bicyclic) bond motifs is 1. The van der Waals surface area contributed by atoms with Crippen LogP contribution in [-0.4, -0.2) is 21.6 Å². The Balaban J connectivity index is 2.92. The van der Waals surface area contributed by atoms with Crippen LogP contribution in [0.4, 0.5) is 0 Å². The number of hydrogen-bond donors (Lipinski definition) is 0. The maximum atomic E-state index is 11.8. The summed E-state index contributed by atoms with van der Waals surface area (Å²) < 4.78 is 6.69. The molecule has 2 aromatic heterocycles. The molecule has 0 atom stereocenters. The van der Waals surface area contributed by atoms with E-state index in [0.29, 0.717) is 5.65 Å². The Bertz CT molecular complexity index is 617. The average Bonchev–Trinajstić information content (AvgIpc) is 2.27. The molecule has 17 heavy (non-hydrogen) atoms. The van der Waals surface area contributed by atoms with E-state index in [1.165, 1.54) is 7.11 Å². The van der Waals surface area contributed by atoms with Gasteiger partial charge < -0.3 is 4.74 Å². The summed E-state index contributed by atoms with van der Waals surface area (Å²) in [7, 11) is 1.52. The highest BCUT2D eigenvalue weighted by Crippen LogP contribution is 2.18. The lowest BCUT2D eigenvalue weighted by Gasteiger charge is -2.13. The predicted molar refractivity (Wildman–Crippen MR) is 65.5 cm³/mol. The van der Waals surface area contributed by atoms with Crippen molar-refractivity contribution in [2.75, 3.05) is 7.11 Å². The Labute approximate surface area is 99.1 Å². The Morgan fingerprint density at radius 1 is 1.29 bits per heavy atom. The number of nitrogens with zero attached hydrogens (tertiary/aromatic N) is 3. The van der Waals surface area contributed by atoms with Crippen LogP contribution < -0.4 is 10.3 Å². The third-order valence-electron chi connectivity index (χ3n) is 2.65. The fourth-order valence-corrected chi connectivity index (χ4v) is 1.85. The molecule has 0 saturated heterocycles. The molecule has 0 N–H and O–H groups in total. The van der Waals surface area contributed by atoms with Gasteiger partial charge in [-0.1, -0.05) is 0 Å². The fraction of sp³-hybridized carbons (Fsp3) is 0.417. The number of aryl methyl sites for hydroxylation is 1.